The summed E-state index contributed by atoms with van der Waals surface area (Å²) in [6.45, 7) is 4.16. The Hall–Kier alpha value is -1.03. The number of amides is 1. The topological polar surface area (TPSA) is 52.3 Å². The zero-order valence-electron chi connectivity index (χ0n) is 9.29. The van der Waals surface area contributed by atoms with Crippen LogP contribution in [0.25, 0.3) is 0 Å². The van der Waals surface area contributed by atoms with E-state index in [1.54, 1.807) is 0 Å². The van der Waals surface area contributed by atoms with Gasteiger partial charge in [-0.3, -0.25) is 0 Å². The lowest BCUT2D eigenvalue weighted by atomic mass is 9.87. The van der Waals surface area contributed by atoms with Gasteiger partial charge >= 0.3 is 6.09 Å². The number of ether oxygens (including phenoxy) is 1. The molecule has 1 aromatic carbocycles. The highest BCUT2D eigenvalue weighted by Crippen LogP contribution is 2.47. The molecule has 0 heterocycles. The van der Waals surface area contributed by atoms with Crippen LogP contribution in [0, 0.1) is 5.41 Å². The molecule has 0 saturated carbocycles. The van der Waals surface area contributed by atoms with Crippen LogP contribution in [0.3, 0.4) is 0 Å². The fourth-order valence-electron chi connectivity index (χ4n) is 2.31. The van der Waals surface area contributed by atoms with Gasteiger partial charge < -0.3 is 10.5 Å². The third-order valence-corrected chi connectivity index (χ3v) is 3.47. The lowest BCUT2D eigenvalue weighted by molar-refractivity contribution is 0.0392. The average molecular weight is 284 g/mol. The lowest BCUT2D eigenvalue weighted by Crippen LogP contribution is -2.25. The Kier molecular flexibility index (Phi) is 2.70. The Labute approximate surface area is 103 Å². The molecule has 3 nitrogen and oxygen atoms in total. The standard InChI is InChI=1S/C12H14BrNO2/c1-12(2)6-7-3-4-8(13)5-9(7)10(12)16-11(14)15/h3-5,10H,6H2,1-2H3,(H2,14,15). The monoisotopic (exact) mass is 283 g/mol. The highest BCUT2D eigenvalue weighted by atomic mass is 79.9. The number of nitrogens with two attached hydrogens (primary N) is 1. The van der Waals surface area contributed by atoms with E-state index < -0.39 is 6.09 Å². The molecule has 1 aliphatic rings. The number of carbonyl (C=O) groups is 1. The van der Waals surface area contributed by atoms with Crippen molar-refractivity contribution in [2.24, 2.45) is 11.1 Å². The van der Waals surface area contributed by atoms with Gasteiger partial charge in [0, 0.05) is 9.89 Å². The summed E-state index contributed by atoms with van der Waals surface area (Å²) in [6, 6.07) is 6.06. The fourth-order valence-corrected chi connectivity index (χ4v) is 2.69. The molecule has 0 spiro atoms. The zero-order valence-corrected chi connectivity index (χ0v) is 10.9. The van der Waals surface area contributed by atoms with E-state index in [1.165, 1.54) is 5.56 Å². The van der Waals surface area contributed by atoms with Crippen molar-refractivity contribution in [3.8, 4) is 0 Å². The van der Waals surface area contributed by atoms with Gasteiger partial charge in [0.25, 0.3) is 0 Å². The van der Waals surface area contributed by atoms with Crippen molar-refractivity contribution in [2.45, 2.75) is 26.4 Å². The molecule has 1 unspecified atom stereocenters. The molecule has 0 aromatic heterocycles. The number of carbonyl (C=O) groups excluding carboxylic acids is 1. The maximum atomic E-state index is 10.9. The van der Waals surface area contributed by atoms with E-state index in [1.807, 2.05) is 12.1 Å². The first-order chi connectivity index (χ1) is 7.40. The van der Waals surface area contributed by atoms with Crippen molar-refractivity contribution in [2.75, 3.05) is 0 Å². The number of primary amides is 1. The van der Waals surface area contributed by atoms with Crippen molar-refractivity contribution in [1.29, 1.82) is 0 Å². The molecule has 4 heteroatoms. The molecule has 16 heavy (non-hydrogen) atoms. The molecule has 86 valence electrons. The van der Waals surface area contributed by atoms with Crippen LogP contribution in [0.15, 0.2) is 22.7 Å². The highest BCUT2D eigenvalue weighted by molar-refractivity contribution is 9.10. The van der Waals surface area contributed by atoms with Crippen molar-refractivity contribution in [3.05, 3.63) is 33.8 Å². The number of benzene rings is 1. The van der Waals surface area contributed by atoms with Gasteiger partial charge in [-0.05, 0) is 29.7 Å². The largest absolute Gasteiger partial charge is 0.441 e. The normalized spacial score (nSPS) is 21.6. The summed E-state index contributed by atoms with van der Waals surface area (Å²) in [5.74, 6) is 0. The Morgan fingerprint density at radius 1 is 1.56 bits per heavy atom. The van der Waals surface area contributed by atoms with Crippen LogP contribution in [-0.2, 0) is 11.2 Å². The van der Waals surface area contributed by atoms with E-state index in [0.717, 1.165) is 16.5 Å². The van der Waals surface area contributed by atoms with E-state index in [0.29, 0.717) is 0 Å². The second-order valence-electron chi connectivity index (χ2n) is 4.83. The first-order valence-corrected chi connectivity index (χ1v) is 5.94. The smallest absolute Gasteiger partial charge is 0.405 e. The van der Waals surface area contributed by atoms with Gasteiger partial charge in [0.05, 0.1) is 0 Å². The number of halogens is 1. The molecule has 1 amide bonds. The minimum atomic E-state index is -0.717. The summed E-state index contributed by atoms with van der Waals surface area (Å²) < 4.78 is 6.21. The maximum absolute atomic E-state index is 10.9. The molecule has 1 atom stereocenters. The average Bonchev–Trinajstić information content (AvgIpc) is 2.38. The molecule has 0 fully saturated rings. The van der Waals surface area contributed by atoms with Gasteiger partial charge in [0.1, 0.15) is 6.10 Å². The summed E-state index contributed by atoms with van der Waals surface area (Å²) in [7, 11) is 0. The molecule has 2 N–H and O–H groups in total. The highest BCUT2D eigenvalue weighted by Gasteiger charge is 2.41. The van der Waals surface area contributed by atoms with E-state index in [2.05, 4.69) is 35.8 Å². The summed E-state index contributed by atoms with van der Waals surface area (Å²) in [6.07, 6.45) is -0.0727. The van der Waals surface area contributed by atoms with Gasteiger partial charge in [-0.1, -0.05) is 35.8 Å². The van der Waals surface area contributed by atoms with Crippen molar-refractivity contribution >= 4 is 22.0 Å². The maximum Gasteiger partial charge on any atom is 0.405 e. The van der Waals surface area contributed by atoms with E-state index in [4.69, 9.17) is 10.5 Å². The van der Waals surface area contributed by atoms with Gasteiger partial charge in [0.2, 0.25) is 0 Å². The zero-order chi connectivity index (χ0) is 11.9. The summed E-state index contributed by atoms with van der Waals surface area (Å²) in [4.78, 5) is 10.9. The Morgan fingerprint density at radius 3 is 2.88 bits per heavy atom. The number of hydrogen-bond donors (Lipinski definition) is 1. The van der Waals surface area contributed by atoms with E-state index in [-0.39, 0.29) is 11.5 Å². The van der Waals surface area contributed by atoms with Crippen LogP contribution in [0.4, 0.5) is 4.79 Å². The summed E-state index contributed by atoms with van der Waals surface area (Å²) in [5, 5.41) is 0. The van der Waals surface area contributed by atoms with Crippen LogP contribution in [0.5, 0.6) is 0 Å². The summed E-state index contributed by atoms with van der Waals surface area (Å²) >= 11 is 3.42. The van der Waals surface area contributed by atoms with Crippen LogP contribution in [-0.4, -0.2) is 6.09 Å². The first-order valence-electron chi connectivity index (χ1n) is 5.14. The Morgan fingerprint density at radius 2 is 2.25 bits per heavy atom. The Balaban J connectivity index is 2.43. The second kappa shape index (κ2) is 3.77. The van der Waals surface area contributed by atoms with Gasteiger partial charge in [-0.15, -0.1) is 0 Å². The SMILES string of the molecule is CC1(C)Cc2ccc(Br)cc2C1OC(N)=O. The minimum absolute atomic E-state index is 0.0991. The van der Waals surface area contributed by atoms with Gasteiger partial charge in [-0.2, -0.15) is 0 Å². The number of fused-ring (bicyclic) bond motifs is 1. The van der Waals surface area contributed by atoms with Gasteiger partial charge in [-0.25, -0.2) is 4.79 Å². The Bertz CT molecular complexity index is 443. The predicted octanol–water partition coefficient (Wildman–Crippen LogP) is 3.17. The van der Waals surface area contributed by atoms with E-state index >= 15 is 0 Å². The van der Waals surface area contributed by atoms with E-state index in [9.17, 15) is 4.79 Å². The molecule has 1 aromatic rings. The first kappa shape index (κ1) is 11.5. The molecule has 0 bridgehead atoms. The molecule has 2 rings (SSSR count). The summed E-state index contributed by atoms with van der Waals surface area (Å²) in [5.41, 5.74) is 7.29. The van der Waals surface area contributed by atoms with Crippen molar-refractivity contribution < 1.29 is 9.53 Å². The predicted molar refractivity (Wildman–Crippen MR) is 65.0 cm³/mol. The van der Waals surface area contributed by atoms with Crippen LogP contribution in [0.1, 0.15) is 31.1 Å². The fraction of sp³-hybridized carbons (Fsp3) is 0.417. The molecular formula is C12H14BrNO2. The van der Waals surface area contributed by atoms with Crippen LogP contribution >= 0.6 is 15.9 Å². The molecule has 0 radical (unpaired) electrons. The quantitative estimate of drug-likeness (QED) is 0.861. The third kappa shape index (κ3) is 1.94. The molecule has 1 aliphatic carbocycles. The molecule has 0 saturated heterocycles. The second-order valence-corrected chi connectivity index (χ2v) is 5.74. The van der Waals surface area contributed by atoms with Crippen molar-refractivity contribution in [1.82, 2.24) is 0 Å². The lowest BCUT2D eigenvalue weighted by Gasteiger charge is -2.26. The molecular weight excluding hydrogens is 270 g/mol. The molecule has 0 aliphatic heterocycles. The number of rotatable bonds is 1. The minimum Gasteiger partial charge on any atom is -0.441 e. The third-order valence-electron chi connectivity index (χ3n) is 2.98. The van der Waals surface area contributed by atoms with Crippen LogP contribution in [0.2, 0.25) is 0 Å². The van der Waals surface area contributed by atoms with Gasteiger partial charge in [0.15, 0.2) is 0 Å². The number of hydrogen-bond acceptors (Lipinski definition) is 2. The van der Waals surface area contributed by atoms with Crippen molar-refractivity contribution in [3.63, 3.8) is 0 Å². The van der Waals surface area contributed by atoms with Crippen LogP contribution < -0.4 is 5.73 Å².